The van der Waals surface area contributed by atoms with Crippen molar-refractivity contribution in [2.45, 2.75) is 51.5 Å². The minimum absolute atomic E-state index is 0.0115. The molecule has 2 aromatic heterocycles. The van der Waals surface area contributed by atoms with Crippen LogP contribution in [-0.2, 0) is 35.8 Å². The van der Waals surface area contributed by atoms with Crippen molar-refractivity contribution in [1.29, 1.82) is 0 Å². The number of rotatable bonds is 10. The number of carbonyl (C=O) groups excluding carboxylic acids is 2. The number of para-hydroxylation sites is 1. The SMILES string of the molecule is O=C(Cn1c(=O)n(CCC(=O)NC2CCN(Cc3ccccc3)CC2)c(=O)c2ccccc21)NCc1ccco1. The summed E-state index contributed by atoms with van der Waals surface area (Å²) in [5.41, 5.74) is 0.536. The molecular formula is C30H33N5O5. The molecule has 2 aromatic carbocycles. The summed E-state index contributed by atoms with van der Waals surface area (Å²) in [5.74, 6) is -0.0164. The van der Waals surface area contributed by atoms with Crippen LogP contribution in [0.25, 0.3) is 10.9 Å². The quantitative estimate of drug-likeness (QED) is 0.317. The van der Waals surface area contributed by atoms with Crippen LogP contribution in [0, 0.1) is 0 Å². The smallest absolute Gasteiger partial charge is 0.331 e. The van der Waals surface area contributed by atoms with Gasteiger partial charge in [0, 0.05) is 38.6 Å². The Morgan fingerprint density at radius 3 is 2.38 bits per heavy atom. The van der Waals surface area contributed by atoms with Crippen molar-refractivity contribution >= 4 is 22.7 Å². The van der Waals surface area contributed by atoms with Crippen molar-refractivity contribution in [3.05, 3.63) is 105 Å². The van der Waals surface area contributed by atoms with Gasteiger partial charge in [-0.2, -0.15) is 0 Å². The highest BCUT2D eigenvalue weighted by Crippen LogP contribution is 2.14. The third kappa shape index (κ3) is 6.58. The van der Waals surface area contributed by atoms with Gasteiger partial charge in [-0.3, -0.25) is 28.4 Å². The summed E-state index contributed by atoms with van der Waals surface area (Å²) in [4.78, 5) is 54.3. The van der Waals surface area contributed by atoms with Crippen molar-refractivity contribution in [1.82, 2.24) is 24.7 Å². The molecule has 10 heteroatoms. The lowest BCUT2D eigenvalue weighted by atomic mass is 10.0. The van der Waals surface area contributed by atoms with E-state index in [1.165, 1.54) is 16.4 Å². The Morgan fingerprint density at radius 2 is 1.62 bits per heavy atom. The highest BCUT2D eigenvalue weighted by Gasteiger charge is 2.21. The highest BCUT2D eigenvalue weighted by molar-refractivity contribution is 5.81. The standard InChI is InChI=1S/C30H33N5O5/c36-27(32-23-12-15-33(16-13-23)20-22-7-2-1-3-8-22)14-17-34-29(38)25-10-4-5-11-26(25)35(30(34)39)21-28(37)31-19-24-9-6-18-40-24/h1-11,18,23H,12-17,19-21H2,(H,31,37)(H,32,36). The predicted octanol–water partition coefficient (Wildman–Crippen LogP) is 2.24. The van der Waals surface area contributed by atoms with Crippen molar-refractivity contribution in [3.63, 3.8) is 0 Å². The lowest BCUT2D eigenvalue weighted by Gasteiger charge is -2.32. The number of piperidine rings is 1. The maximum absolute atomic E-state index is 13.4. The predicted molar refractivity (Wildman–Crippen MR) is 151 cm³/mol. The number of carbonyl (C=O) groups is 2. The zero-order valence-electron chi connectivity index (χ0n) is 22.3. The van der Waals surface area contributed by atoms with Crippen LogP contribution >= 0.6 is 0 Å². The summed E-state index contributed by atoms with van der Waals surface area (Å²) in [6, 6.07) is 20.5. The van der Waals surface area contributed by atoms with Gasteiger partial charge in [-0.15, -0.1) is 0 Å². The minimum Gasteiger partial charge on any atom is -0.467 e. The second kappa shape index (κ2) is 12.6. The molecule has 1 aliphatic heterocycles. The van der Waals surface area contributed by atoms with E-state index in [0.717, 1.165) is 37.0 Å². The van der Waals surface area contributed by atoms with E-state index in [9.17, 15) is 19.2 Å². The molecule has 40 heavy (non-hydrogen) atoms. The molecule has 1 aliphatic rings. The van der Waals surface area contributed by atoms with Gasteiger partial charge in [-0.1, -0.05) is 42.5 Å². The Balaban J connectivity index is 1.20. The average molecular weight is 544 g/mol. The Morgan fingerprint density at radius 1 is 0.875 bits per heavy atom. The number of nitrogens with one attached hydrogen (secondary N) is 2. The first kappa shape index (κ1) is 27.1. The van der Waals surface area contributed by atoms with E-state index < -0.39 is 17.2 Å². The molecule has 5 rings (SSSR count). The summed E-state index contributed by atoms with van der Waals surface area (Å²) in [7, 11) is 0. The molecule has 0 spiro atoms. The van der Waals surface area contributed by atoms with E-state index in [4.69, 9.17) is 4.42 Å². The largest absolute Gasteiger partial charge is 0.467 e. The van der Waals surface area contributed by atoms with Crippen LogP contribution in [0.5, 0.6) is 0 Å². The Hall–Kier alpha value is -4.44. The maximum atomic E-state index is 13.4. The molecule has 0 radical (unpaired) electrons. The molecule has 4 aromatic rings. The van der Waals surface area contributed by atoms with Crippen LogP contribution in [0.2, 0.25) is 0 Å². The van der Waals surface area contributed by atoms with E-state index >= 15 is 0 Å². The molecule has 2 amide bonds. The summed E-state index contributed by atoms with van der Waals surface area (Å²) >= 11 is 0. The zero-order valence-corrected chi connectivity index (χ0v) is 22.3. The number of amides is 2. The number of hydrogen-bond acceptors (Lipinski definition) is 6. The summed E-state index contributed by atoms with van der Waals surface area (Å²) in [6.45, 7) is 2.50. The van der Waals surface area contributed by atoms with Gasteiger partial charge in [0.2, 0.25) is 11.8 Å². The van der Waals surface area contributed by atoms with Crippen molar-refractivity contribution in [2.75, 3.05) is 13.1 Å². The van der Waals surface area contributed by atoms with E-state index in [0.29, 0.717) is 16.7 Å². The number of aromatic nitrogens is 2. The molecular weight excluding hydrogens is 510 g/mol. The van der Waals surface area contributed by atoms with Gasteiger partial charge in [-0.05, 0) is 42.7 Å². The van der Waals surface area contributed by atoms with Gasteiger partial charge in [-0.25, -0.2) is 4.79 Å². The Kier molecular flexibility index (Phi) is 8.56. The minimum atomic E-state index is -0.626. The average Bonchev–Trinajstić information content (AvgIpc) is 3.50. The molecule has 1 fully saturated rings. The number of furan rings is 1. The number of hydrogen-bond donors (Lipinski definition) is 2. The first-order chi connectivity index (χ1) is 19.5. The Bertz CT molecular complexity index is 1570. The van der Waals surface area contributed by atoms with Crippen LogP contribution in [0.15, 0.2) is 87.0 Å². The number of benzene rings is 2. The van der Waals surface area contributed by atoms with Crippen LogP contribution < -0.4 is 21.9 Å². The number of likely N-dealkylation sites (tertiary alicyclic amines) is 1. The molecule has 0 aliphatic carbocycles. The van der Waals surface area contributed by atoms with Gasteiger partial charge < -0.3 is 15.1 Å². The summed E-state index contributed by atoms with van der Waals surface area (Å²) in [5, 5.41) is 6.10. The van der Waals surface area contributed by atoms with Gasteiger partial charge in [0.25, 0.3) is 5.56 Å². The van der Waals surface area contributed by atoms with Crippen molar-refractivity contribution in [3.8, 4) is 0 Å². The van der Waals surface area contributed by atoms with E-state index in [-0.39, 0.29) is 38.0 Å². The molecule has 2 N–H and O–H groups in total. The topological polar surface area (TPSA) is 119 Å². The van der Waals surface area contributed by atoms with E-state index in [1.807, 2.05) is 18.2 Å². The molecule has 3 heterocycles. The van der Waals surface area contributed by atoms with Crippen LogP contribution in [0.1, 0.15) is 30.6 Å². The van der Waals surface area contributed by atoms with Crippen LogP contribution in [-0.4, -0.2) is 45.0 Å². The molecule has 0 unspecified atom stereocenters. The Labute approximate surface area is 231 Å². The second-order valence-electron chi connectivity index (χ2n) is 10.1. The first-order valence-electron chi connectivity index (χ1n) is 13.5. The second-order valence-corrected chi connectivity index (χ2v) is 10.1. The molecule has 0 saturated carbocycles. The fraction of sp³-hybridized carbons (Fsp3) is 0.333. The van der Waals surface area contributed by atoms with E-state index in [1.54, 1.807) is 36.4 Å². The fourth-order valence-electron chi connectivity index (χ4n) is 5.11. The normalized spacial score (nSPS) is 14.3. The number of nitrogens with zero attached hydrogens (tertiary/aromatic N) is 3. The lowest BCUT2D eigenvalue weighted by Crippen LogP contribution is -2.46. The first-order valence-corrected chi connectivity index (χ1v) is 13.5. The zero-order chi connectivity index (χ0) is 27.9. The monoisotopic (exact) mass is 543 g/mol. The molecule has 208 valence electrons. The third-order valence-electron chi connectivity index (χ3n) is 7.24. The maximum Gasteiger partial charge on any atom is 0.331 e. The number of fused-ring (bicyclic) bond motifs is 1. The van der Waals surface area contributed by atoms with Gasteiger partial charge in [0.05, 0.1) is 23.7 Å². The molecule has 10 nitrogen and oxygen atoms in total. The molecule has 1 saturated heterocycles. The van der Waals surface area contributed by atoms with Crippen molar-refractivity contribution in [2.24, 2.45) is 0 Å². The van der Waals surface area contributed by atoms with Crippen LogP contribution in [0.3, 0.4) is 0 Å². The highest BCUT2D eigenvalue weighted by atomic mass is 16.3. The van der Waals surface area contributed by atoms with E-state index in [2.05, 4.69) is 27.7 Å². The third-order valence-corrected chi connectivity index (χ3v) is 7.24. The fourth-order valence-corrected chi connectivity index (χ4v) is 5.11. The summed E-state index contributed by atoms with van der Waals surface area (Å²) in [6.07, 6.45) is 3.19. The molecule has 0 atom stereocenters. The van der Waals surface area contributed by atoms with Gasteiger partial charge in [0.15, 0.2) is 0 Å². The molecule has 0 bridgehead atoms. The van der Waals surface area contributed by atoms with Crippen molar-refractivity contribution < 1.29 is 14.0 Å². The lowest BCUT2D eigenvalue weighted by molar-refractivity contribution is -0.123. The van der Waals surface area contributed by atoms with Crippen LogP contribution in [0.4, 0.5) is 0 Å². The summed E-state index contributed by atoms with van der Waals surface area (Å²) < 4.78 is 7.55. The van der Waals surface area contributed by atoms with Gasteiger partial charge in [0.1, 0.15) is 12.3 Å². The van der Waals surface area contributed by atoms with Gasteiger partial charge >= 0.3 is 5.69 Å².